The average molecular weight is 273 g/mol. The third-order valence-electron chi connectivity index (χ3n) is 4.04. The van der Waals surface area contributed by atoms with Gasteiger partial charge in [-0.25, -0.2) is 0 Å². The number of rotatable bonds is 3. The number of hydrogen-bond donors (Lipinski definition) is 2. The molecule has 104 valence electrons. The van der Waals surface area contributed by atoms with Crippen molar-refractivity contribution in [1.29, 1.82) is 0 Å². The molecule has 2 fully saturated rings. The average Bonchev–Trinajstić information content (AvgIpc) is 2.38. The molecule has 2 rings (SSSR count). The zero-order valence-corrected chi connectivity index (χ0v) is 12.0. The van der Waals surface area contributed by atoms with Gasteiger partial charge in [0, 0.05) is 19.0 Å². The predicted molar refractivity (Wildman–Crippen MR) is 72.5 cm³/mol. The molecular formula is C13H24NO3P. The van der Waals surface area contributed by atoms with Crippen molar-refractivity contribution in [1.82, 2.24) is 5.32 Å². The molecule has 1 saturated carbocycles. The third-order valence-corrected chi connectivity index (χ3v) is 5.00. The van der Waals surface area contributed by atoms with Crippen LogP contribution in [0, 0.1) is 5.92 Å². The van der Waals surface area contributed by atoms with Gasteiger partial charge in [0.25, 0.3) is 0 Å². The maximum Gasteiger partial charge on any atom is 0.219 e. The summed E-state index contributed by atoms with van der Waals surface area (Å²) in [6, 6.07) is 0.341. The Kier molecular flexibility index (Phi) is 5.58. The Labute approximate surface area is 110 Å². The smallest absolute Gasteiger partial charge is 0.219 e. The molecule has 0 aromatic heterocycles. The van der Waals surface area contributed by atoms with Gasteiger partial charge in [0.05, 0.1) is 6.61 Å². The van der Waals surface area contributed by atoms with Gasteiger partial charge in [-0.3, -0.25) is 0 Å². The molecule has 0 aromatic rings. The Morgan fingerprint density at radius 2 is 2.11 bits per heavy atom. The minimum Gasteiger partial charge on any atom is -0.603 e. The molecule has 1 aliphatic carbocycles. The van der Waals surface area contributed by atoms with Crippen LogP contribution in [0.5, 0.6) is 0 Å². The van der Waals surface area contributed by atoms with Crippen LogP contribution in [-0.2, 0) is 4.74 Å². The summed E-state index contributed by atoms with van der Waals surface area (Å²) in [5.74, 6) is 0.586. The van der Waals surface area contributed by atoms with Crippen LogP contribution in [-0.4, -0.2) is 35.5 Å². The Morgan fingerprint density at radius 3 is 2.67 bits per heavy atom. The molecule has 1 heterocycles. The van der Waals surface area contributed by atoms with Crippen molar-refractivity contribution in [3.8, 4) is 0 Å². The van der Waals surface area contributed by atoms with Crippen molar-refractivity contribution in [3.63, 3.8) is 0 Å². The summed E-state index contributed by atoms with van der Waals surface area (Å²) in [6.07, 6.45) is 6.84. The fourth-order valence-corrected chi connectivity index (χ4v) is 3.75. The van der Waals surface area contributed by atoms with Gasteiger partial charge in [-0.05, 0) is 25.7 Å². The van der Waals surface area contributed by atoms with Crippen LogP contribution >= 0.6 is 8.00 Å². The molecule has 0 amide bonds. The van der Waals surface area contributed by atoms with E-state index in [0.29, 0.717) is 25.1 Å². The van der Waals surface area contributed by atoms with Crippen LogP contribution in [0.15, 0.2) is 0 Å². The Bertz CT molecular complexity index is 291. The zero-order chi connectivity index (χ0) is 13.0. The highest BCUT2D eigenvalue weighted by Gasteiger charge is 2.30. The molecule has 0 radical (unpaired) electrons. The third kappa shape index (κ3) is 4.01. The molecule has 0 bridgehead atoms. The Balaban J connectivity index is 1.94. The quantitative estimate of drug-likeness (QED) is 0.758. The number of hydrogen-bond acceptors (Lipinski definition) is 4. The van der Waals surface area contributed by atoms with Gasteiger partial charge in [-0.15, -0.1) is 0 Å². The first kappa shape index (κ1) is 14.4. The molecule has 0 aromatic carbocycles. The van der Waals surface area contributed by atoms with E-state index in [2.05, 4.69) is 12.2 Å². The minimum absolute atomic E-state index is 0.170. The minimum atomic E-state index is -2.22. The van der Waals surface area contributed by atoms with Gasteiger partial charge in [0.15, 0.2) is 5.29 Å². The molecule has 18 heavy (non-hydrogen) atoms. The highest BCUT2D eigenvalue weighted by atomic mass is 31.1. The normalized spacial score (nSPS) is 32.2. The standard InChI is InChI=1S/C13H24NO3P/c1-10-9-17-12(8-14-10)13(18(15)16)7-11-5-3-2-4-6-11/h10-12,14H,2-9H2,1H3,(H,15,16)/t10-,12-/m1/s1. The molecule has 0 spiro atoms. The fourth-order valence-electron chi connectivity index (χ4n) is 2.92. The summed E-state index contributed by atoms with van der Waals surface area (Å²) in [5.41, 5.74) is 0. The second kappa shape index (κ2) is 6.97. The lowest BCUT2D eigenvalue weighted by Gasteiger charge is -2.29. The van der Waals surface area contributed by atoms with Gasteiger partial charge in [0.2, 0.25) is 8.00 Å². The lowest BCUT2D eigenvalue weighted by Crippen LogP contribution is -2.48. The van der Waals surface area contributed by atoms with Crippen molar-refractivity contribution in [2.75, 3.05) is 13.2 Å². The Hall–Kier alpha value is 0.01000. The van der Waals surface area contributed by atoms with E-state index in [4.69, 9.17) is 4.74 Å². The summed E-state index contributed by atoms with van der Waals surface area (Å²) in [6.45, 7) is 3.36. The van der Waals surface area contributed by atoms with Gasteiger partial charge >= 0.3 is 0 Å². The highest BCUT2D eigenvalue weighted by molar-refractivity contribution is 7.46. The van der Waals surface area contributed by atoms with Gasteiger partial charge in [0.1, 0.15) is 6.10 Å². The van der Waals surface area contributed by atoms with Crippen LogP contribution < -0.4 is 10.2 Å². The van der Waals surface area contributed by atoms with Gasteiger partial charge in [-0.1, -0.05) is 19.3 Å². The van der Waals surface area contributed by atoms with Crippen molar-refractivity contribution >= 4 is 13.3 Å². The lowest BCUT2D eigenvalue weighted by atomic mass is 9.85. The largest absolute Gasteiger partial charge is 0.603 e. The highest BCUT2D eigenvalue weighted by Crippen LogP contribution is 2.30. The maximum atomic E-state index is 11.6. The summed E-state index contributed by atoms with van der Waals surface area (Å²) >= 11 is 0. The van der Waals surface area contributed by atoms with Crippen LogP contribution in [0.2, 0.25) is 0 Å². The number of nitrogens with one attached hydrogen (secondary N) is 1. The van der Waals surface area contributed by atoms with E-state index in [0.717, 1.165) is 11.7 Å². The fraction of sp³-hybridized carbons (Fsp3) is 0.923. The molecule has 1 saturated heterocycles. The molecule has 1 aliphatic heterocycles. The topological polar surface area (TPSA) is 64.5 Å². The van der Waals surface area contributed by atoms with E-state index < -0.39 is 8.00 Å². The van der Waals surface area contributed by atoms with Crippen molar-refractivity contribution in [2.24, 2.45) is 5.92 Å². The van der Waals surface area contributed by atoms with E-state index in [1.54, 1.807) is 0 Å². The summed E-state index contributed by atoms with van der Waals surface area (Å²) in [5, 5.41) is 4.04. The maximum absolute atomic E-state index is 11.6. The molecule has 5 heteroatoms. The Morgan fingerprint density at radius 1 is 1.39 bits per heavy atom. The lowest BCUT2D eigenvalue weighted by molar-refractivity contribution is -0.168. The van der Waals surface area contributed by atoms with Crippen LogP contribution in [0.1, 0.15) is 45.4 Å². The molecule has 4 nitrogen and oxygen atoms in total. The van der Waals surface area contributed by atoms with E-state index in [1.807, 2.05) is 0 Å². The van der Waals surface area contributed by atoms with Crippen LogP contribution in [0.4, 0.5) is 0 Å². The first-order chi connectivity index (χ1) is 8.66. The summed E-state index contributed by atoms with van der Waals surface area (Å²) in [7, 11) is -2.22. The summed E-state index contributed by atoms with van der Waals surface area (Å²) < 4.78 is 5.71. The second-order valence-electron chi connectivity index (χ2n) is 5.60. The van der Waals surface area contributed by atoms with Gasteiger partial charge in [-0.2, -0.15) is 4.89 Å². The molecule has 1 unspecified atom stereocenters. The van der Waals surface area contributed by atoms with Crippen LogP contribution in [0.25, 0.3) is 0 Å². The number of ether oxygens (including phenoxy) is 1. The van der Waals surface area contributed by atoms with E-state index >= 15 is 0 Å². The van der Waals surface area contributed by atoms with E-state index in [-0.39, 0.29) is 6.10 Å². The molecule has 2 N–H and O–H groups in total. The first-order valence-electron chi connectivity index (χ1n) is 7.03. The number of morpholine rings is 1. The molecule has 2 aliphatic rings. The molecular weight excluding hydrogens is 249 g/mol. The van der Waals surface area contributed by atoms with Gasteiger partial charge < -0.3 is 14.9 Å². The van der Waals surface area contributed by atoms with Crippen LogP contribution in [0.3, 0.4) is 0 Å². The second-order valence-corrected chi connectivity index (χ2v) is 6.72. The first-order valence-corrected chi connectivity index (χ1v) is 8.25. The SMILES string of the molecule is C[C@@H]1CO[C@@H](C(CC2CCCCC2)=[P+]([O-])O)CN1. The summed E-state index contributed by atoms with van der Waals surface area (Å²) in [4.78, 5) is 21.1. The van der Waals surface area contributed by atoms with E-state index in [1.165, 1.54) is 32.1 Å². The van der Waals surface area contributed by atoms with Crippen molar-refractivity contribution in [2.45, 2.75) is 57.6 Å². The predicted octanol–water partition coefficient (Wildman–Crippen LogP) is 1.17. The van der Waals surface area contributed by atoms with Crippen molar-refractivity contribution < 1.29 is 14.5 Å². The van der Waals surface area contributed by atoms with Crippen molar-refractivity contribution in [3.05, 3.63) is 0 Å². The van der Waals surface area contributed by atoms with E-state index in [9.17, 15) is 9.79 Å². The monoisotopic (exact) mass is 273 g/mol. The molecule has 3 atom stereocenters. The zero-order valence-electron chi connectivity index (χ0n) is 11.1.